The minimum atomic E-state index is -0.777. The van der Waals surface area contributed by atoms with Crippen LogP contribution in [0, 0.1) is 6.92 Å². The van der Waals surface area contributed by atoms with E-state index in [-0.39, 0.29) is 24.5 Å². The lowest BCUT2D eigenvalue weighted by Crippen LogP contribution is -2.32. The van der Waals surface area contributed by atoms with E-state index in [1.165, 1.54) is 26.2 Å². The highest BCUT2D eigenvalue weighted by Crippen LogP contribution is 2.41. The molecule has 1 aliphatic heterocycles. The predicted octanol–water partition coefficient (Wildman–Crippen LogP) is 3.08. The molecule has 0 saturated carbocycles. The van der Waals surface area contributed by atoms with Crippen molar-refractivity contribution in [2.75, 3.05) is 34.5 Å². The van der Waals surface area contributed by atoms with Gasteiger partial charge in [-0.1, -0.05) is 35.9 Å². The third-order valence-corrected chi connectivity index (χ3v) is 5.12. The van der Waals surface area contributed by atoms with Gasteiger partial charge in [0.05, 0.1) is 32.4 Å². The Balaban J connectivity index is 2.18. The maximum atomic E-state index is 12.9. The molecule has 1 unspecified atom stereocenters. The summed E-state index contributed by atoms with van der Waals surface area (Å²) in [4.78, 5) is 27.1. The zero-order valence-corrected chi connectivity index (χ0v) is 17.5. The molecule has 7 nitrogen and oxygen atoms in total. The smallest absolute Gasteiger partial charge is 0.295 e. The Morgan fingerprint density at radius 1 is 1.00 bits per heavy atom. The van der Waals surface area contributed by atoms with Crippen LogP contribution in [0.5, 0.6) is 11.5 Å². The quantitative estimate of drug-likeness (QED) is 0.428. The summed E-state index contributed by atoms with van der Waals surface area (Å²) in [5.74, 6) is -0.645. The number of likely N-dealkylation sites (tertiary alicyclic amines) is 1. The summed E-state index contributed by atoms with van der Waals surface area (Å²) in [5, 5.41) is 11.0. The lowest BCUT2D eigenvalue weighted by atomic mass is 9.94. The van der Waals surface area contributed by atoms with Crippen LogP contribution >= 0.6 is 0 Å². The van der Waals surface area contributed by atoms with Gasteiger partial charge in [-0.15, -0.1) is 0 Å². The zero-order chi connectivity index (χ0) is 21.8. The largest absolute Gasteiger partial charge is 0.507 e. The number of ketones is 1. The first-order chi connectivity index (χ1) is 14.4. The molecule has 1 amide bonds. The Morgan fingerprint density at radius 2 is 1.67 bits per heavy atom. The number of hydrogen-bond acceptors (Lipinski definition) is 6. The van der Waals surface area contributed by atoms with Gasteiger partial charge >= 0.3 is 0 Å². The third-order valence-electron chi connectivity index (χ3n) is 5.12. The number of methoxy groups -OCH3 is 3. The normalized spacial score (nSPS) is 18.0. The topological polar surface area (TPSA) is 85.3 Å². The lowest BCUT2D eigenvalue weighted by molar-refractivity contribution is -0.140. The van der Waals surface area contributed by atoms with E-state index in [1.807, 2.05) is 19.1 Å². The van der Waals surface area contributed by atoms with Gasteiger partial charge < -0.3 is 24.2 Å². The molecule has 1 N–H and O–H groups in total. The molecule has 1 aliphatic rings. The molecule has 0 radical (unpaired) electrons. The maximum absolute atomic E-state index is 12.9. The molecule has 0 aromatic heterocycles. The van der Waals surface area contributed by atoms with Crippen LogP contribution in [0.1, 0.15) is 22.7 Å². The first kappa shape index (κ1) is 21.4. The Labute approximate surface area is 175 Å². The molecule has 2 aromatic carbocycles. The number of amides is 1. The molecule has 1 saturated heterocycles. The van der Waals surface area contributed by atoms with E-state index < -0.39 is 17.7 Å². The Morgan fingerprint density at radius 3 is 2.27 bits per heavy atom. The van der Waals surface area contributed by atoms with Gasteiger partial charge in [0.15, 0.2) is 11.5 Å². The van der Waals surface area contributed by atoms with Crippen molar-refractivity contribution in [2.45, 2.75) is 13.0 Å². The average molecular weight is 411 g/mol. The average Bonchev–Trinajstić information content (AvgIpc) is 3.01. The maximum Gasteiger partial charge on any atom is 0.295 e. The summed E-state index contributed by atoms with van der Waals surface area (Å²) >= 11 is 0. The van der Waals surface area contributed by atoms with Crippen LogP contribution in [-0.2, 0) is 14.3 Å². The second kappa shape index (κ2) is 9.00. The Hall–Kier alpha value is -3.32. The van der Waals surface area contributed by atoms with Crippen LogP contribution in [0.15, 0.2) is 48.0 Å². The van der Waals surface area contributed by atoms with Gasteiger partial charge in [-0.3, -0.25) is 9.59 Å². The van der Waals surface area contributed by atoms with Crippen LogP contribution in [0.25, 0.3) is 5.76 Å². The number of Topliss-reactive ketones (excluding diaryl/α,β-unsaturated/α-hetero) is 1. The molecular formula is C23H25NO6. The summed E-state index contributed by atoms with van der Waals surface area (Å²) in [6, 6.07) is 11.5. The first-order valence-electron chi connectivity index (χ1n) is 9.49. The number of carbonyl (C=O) groups is 2. The van der Waals surface area contributed by atoms with E-state index in [2.05, 4.69) is 0 Å². The molecular weight excluding hydrogens is 386 g/mol. The second-order valence-corrected chi connectivity index (χ2v) is 6.97. The molecule has 0 aliphatic carbocycles. The summed E-state index contributed by atoms with van der Waals surface area (Å²) in [7, 11) is 4.56. The van der Waals surface area contributed by atoms with E-state index in [9.17, 15) is 14.7 Å². The van der Waals surface area contributed by atoms with Crippen molar-refractivity contribution in [2.24, 2.45) is 0 Å². The highest BCUT2D eigenvalue weighted by atomic mass is 16.5. The van der Waals surface area contributed by atoms with Gasteiger partial charge in [0, 0.05) is 19.2 Å². The number of benzene rings is 2. The van der Waals surface area contributed by atoms with Crippen LogP contribution in [-0.4, -0.2) is 56.2 Å². The molecule has 1 heterocycles. The Kier molecular flexibility index (Phi) is 6.42. The number of aliphatic hydroxyl groups excluding tert-OH is 1. The van der Waals surface area contributed by atoms with E-state index in [0.717, 1.165) is 5.56 Å². The molecule has 3 rings (SSSR count). The van der Waals surface area contributed by atoms with Crippen molar-refractivity contribution in [1.29, 1.82) is 0 Å². The van der Waals surface area contributed by atoms with Crippen molar-refractivity contribution in [3.63, 3.8) is 0 Å². The minimum absolute atomic E-state index is 0.0344. The number of hydrogen-bond donors (Lipinski definition) is 1. The summed E-state index contributed by atoms with van der Waals surface area (Å²) in [6.45, 7) is 2.38. The van der Waals surface area contributed by atoms with E-state index in [1.54, 1.807) is 30.3 Å². The minimum Gasteiger partial charge on any atom is -0.507 e. The second-order valence-electron chi connectivity index (χ2n) is 6.97. The summed E-state index contributed by atoms with van der Waals surface area (Å²) < 4.78 is 15.8. The summed E-state index contributed by atoms with van der Waals surface area (Å²) in [5.41, 5.74) is 2.14. The standard InChI is InChI=1S/C23H25NO6/c1-14-5-7-15(8-6-14)21(25)19-20(24(11-12-28-2)23(27)22(19)26)16-9-10-17(29-3)18(13-16)30-4/h5-10,13,20,25H,11-12H2,1-4H3/b21-19-. The predicted molar refractivity (Wildman–Crippen MR) is 112 cm³/mol. The number of rotatable bonds is 7. The van der Waals surface area contributed by atoms with E-state index in [4.69, 9.17) is 14.2 Å². The fraction of sp³-hybridized carbons (Fsp3) is 0.304. The number of aliphatic hydroxyl groups is 1. The van der Waals surface area contributed by atoms with Gasteiger partial charge in [-0.2, -0.15) is 0 Å². The van der Waals surface area contributed by atoms with Gasteiger partial charge in [0.2, 0.25) is 0 Å². The van der Waals surface area contributed by atoms with Crippen molar-refractivity contribution >= 4 is 17.4 Å². The lowest BCUT2D eigenvalue weighted by Gasteiger charge is -2.25. The monoisotopic (exact) mass is 411 g/mol. The highest BCUT2D eigenvalue weighted by molar-refractivity contribution is 6.46. The molecule has 30 heavy (non-hydrogen) atoms. The van der Waals surface area contributed by atoms with Gasteiger partial charge in [0.25, 0.3) is 11.7 Å². The van der Waals surface area contributed by atoms with Crippen molar-refractivity contribution in [3.05, 3.63) is 64.7 Å². The van der Waals surface area contributed by atoms with Crippen molar-refractivity contribution in [1.82, 2.24) is 4.90 Å². The summed E-state index contributed by atoms with van der Waals surface area (Å²) in [6.07, 6.45) is 0. The van der Waals surface area contributed by atoms with Crippen LogP contribution in [0.3, 0.4) is 0 Å². The zero-order valence-electron chi connectivity index (χ0n) is 17.5. The number of aryl methyl sites for hydroxylation is 1. The van der Waals surface area contributed by atoms with E-state index in [0.29, 0.717) is 22.6 Å². The van der Waals surface area contributed by atoms with Gasteiger partial charge in [-0.25, -0.2) is 0 Å². The molecule has 0 bridgehead atoms. The fourth-order valence-corrected chi connectivity index (χ4v) is 3.54. The molecule has 1 atom stereocenters. The number of nitrogens with zero attached hydrogens (tertiary/aromatic N) is 1. The number of carbonyl (C=O) groups excluding carboxylic acids is 2. The first-order valence-corrected chi connectivity index (χ1v) is 9.49. The van der Waals surface area contributed by atoms with Crippen LogP contribution in [0.2, 0.25) is 0 Å². The third kappa shape index (κ3) is 3.89. The van der Waals surface area contributed by atoms with Gasteiger partial charge in [0.1, 0.15) is 5.76 Å². The van der Waals surface area contributed by atoms with Crippen LogP contribution < -0.4 is 9.47 Å². The fourth-order valence-electron chi connectivity index (χ4n) is 3.54. The van der Waals surface area contributed by atoms with Crippen molar-refractivity contribution in [3.8, 4) is 11.5 Å². The molecule has 158 valence electrons. The molecule has 2 aromatic rings. The molecule has 1 fully saturated rings. The number of ether oxygens (including phenoxy) is 3. The highest BCUT2D eigenvalue weighted by Gasteiger charge is 2.46. The SMILES string of the molecule is COCCN1C(=O)C(=O)/C(=C(\O)c2ccc(C)cc2)C1c1ccc(OC)c(OC)c1. The van der Waals surface area contributed by atoms with Crippen molar-refractivity contribution < 1.29 is 28.9 Å². The van der Waals surface area contributed by atoms with E-state index >= 15 is 0 Å². The molecule has 0 spiro atoms. The molecule has 7 heteroatoms. The van der Waals surface area contributed by atoms with Gasteiger partial charge in [-0.05, 0) is 24.6 Å². The Bertz CT molecular complexity index is 980. The van der Waals surface area contributed by atoms with Crippen LogP contribution in [0.4, 0.5) is 0 Å².